The fraction of sp³-hybridized carbons (Fsp3) is 0.381. The van der Waals surface area contributed by atoms with Crippen LogP contribution in [0.2, 0.25) is 0 Å². The van der Waals surface area contributed by atoms with Gasteiger partial charge in [0.1, 0.15) is 5.82 Å². The zero-order valence-corrected chi connectivity index (χ0v) is 16.3. The van der Waals surface area contributed by atoms with E-state index in [0.29, 0.717) is 24.1 Å². The van der Waals surface area contributed by atoms with Crippen molar-refractivity contribution in [3.05, 3.63) is 59.9 Å². The fourth-order valence-corrected chi connectivity index (χ4v) is 4.27. The van der Waals surface area contributed by atoms with Gasteiger partial charge in [0, 0.05) is 18.3 Å². The molecule has 0 spiro atoms. The van der Waals surface area contributed by atoms with Gasteiger partial charge in [-0.05, 0) is 73.6 Å². The van der Waals surface area contributed by atoms with E-state index in [1.165, 1.54) is 25.0 Å². The zero-order valence-electron chi connectivity index (χ0n) is 15.5. The lowest BCUT2D eigenvalue weighted by molar-refractivity contribution is -0.131. The van der Waals surface area contributed by atoms with Gasteiger partial charge in [0.05, 0.1) is 11.3 Å². The lowest BCUT2D eigenvalue weighted by Gasteiger charge is -2.22. The number of rotatable bonds is 8. The second-order valence-electron chi connectivity index (χ2n) is 7.65. The Labute approximate surface area is 164 Å². The van der Waals surface area contributed by atoms with Crippen LogP contribution in [0, 0.1) is 11.7 Å². The van der Waals surface area contributed by atoms with Gasteiger partial charge in [-0.3, -0.25) is 9.52 Å². The summed E-state index contributed by atoms with van der Waals surface area (Å²) in [6, 6.07) is 11.9. The first kappa shape index (κ1) is 18.9. The summed E-state index contributed by atoms with van der Waals surface area (Å²) in [5.74, 6) is 0.330. The van der Waals surface area contributed by atoms with Gasteiger partial charge in [-0.25, -0.2) is 12.8 Å². The van der Waals surface area contributed by atoms with Crippen LogP contribution < -0.4 is 4.72 Å². The minimum absolute atomic E-state index is 0.00620. The number of benzene rings is 2. The van der Waals surface area contributed by atoms with Crippen LogP contribution in [0.15, 0.2) is 53.4 Å². The Hall–Kier alpha value is -2.41. The van der Waals surface area contributed by atoms with Crippen LogP contribution in [0.1, 0.15) is 31.2 Å². The van der Waals surface area contributed by atoms with Crippen LogP contribution in [-0.2, 0) is 21.2 Å². The van der Waals surface area contributed by atoms with E-state index < -0.39 is 15.8 Å². The van der Waals surface area contributed by atoms with Gasteiger partial charge in [0.25, 0.3) is 10.0 Å². The molecule has 0 saturated heterocycles. The number of nitrogens with zero attached hydrogens (tertiary/aromatic N) is 1. The number of anilines is 1. The van der Waals surface area contributed by atoms with E-state index in [2.05, 4.69) is 4.72 Å². The summed E-state index contributed by atoms with van der Waals surface area (Å²) in [5, 5.41) is 0. The highest BCUT2D eigenvalue weighted by Gasteiger charge is 2.36. The number of halogens is 1. The molecule has 2 aromatic carbocycles. The largest absolute Gasteiger partial charge is 0.339 e. The van der Waals surface area contributed by atoms with Crippen LogP contribution in [0.5, 0.6) is 0 Å². The molecule has 148 valence electrons. The first-order chi connectivity index (χ1) is 13.4. The first-order valence-electron chi connectivity index (χ1n) is 9.57. The van der Waals surface area contributed by atoms with Gasteiger partial charge < -0.3 is 4.90 Å². The molecule has 5 nitrogen and oxygen atoms in total. The molecule has 0 atom stereocenters. The number of nitrogens with one attached hydrogen (secondary N) is 1. The molecule has 28 heavy (non-hydrogen) atoms. The smallest absolute Gasteiger partial charge is 0.261 e. The molecule has 0 radical (unpaired) electrons. The van der Waals surface area contributed by atoms with Crippen molar-refractivity contribution in [3.8, 4) is 0 Å². The molecular weight excluding hydrogens is 379 g/mol. The van der Waals surface area contributed by atoms with Crippen molar-refractivity contribution in [2.24, 2.45) is 5.92 Å². The van der Waals surface area contributed by atoms with Crippen molar-refractivity contribution < 1.29 is 17.6 Å². The van der Waals surface area contributed by atoms with Crippen LogP contribution in [0.25, 0.3) is 0 Å². The van der Waals surface area contributed by atoms with Crippen molar-refractivity contribution in [1.82, 2.24) is 4.90 Å². The fourth-order valence-electron chi connectivity index (χ4n) is 3.21. The summed E-state index contributed by atoms with van der Waals surface area (Å²) in [5.41, 5.74) is 1.26. The maximum Gasteiger partial charge on any atom is 0.261 e. The summed E-state index contributed by atoms with van der Waals surface area (Å²) in [6.45, 7) is 0.874. The molecule has 4 rings (SSSR count). The number of carbonyl (C=O) groups excluding carboxylic acids is 1. The predicted molar refractivity (Wildman–Crippen MR) is 105 cm³/mol. The minimum atomic E-state index is -3.78. The summed E-state index contributed by atoms with van der Waals surface area (Å²) >= 11 is 0. The Morgan fingerprint density at radius 2 is 1.64 bits per heavy atom. The number of hydrogen-bond donors (Lipinski definition) is 1. The van der Waals surface area contributed by atoms with Gasteiger partial charge in [-0.1, -0.05) is 12.1 Å². The highest BCUT2D eigenvalue weighted by atomic mass is 32.2. The third kappa shape index (κ3) is 4.70. The second kappa shape index (κ2) is 7.54. The molecule has 1 N–H and O–H groups in total. The van der Waals surface area contributed by atoms with Crippen molar-refractivity contribution in [2.75, 3.05) is 11.3 Å². The third-order valence-corrected chi connectivity index (χ3v) is 6.54. The molecule has 0 aliphatic heterocycles. The zero-order chi connectivity index (χ0) is 19.7. The molecule has 2 saturated carbocycles. The standard InChI is InChI=1S/C21H23FN2O3S/c22-17-5-11-20(12-6-17)28(26,27)23-18-7-3-15(4-8-18)13-21(25)24(19-9-10-19)14-16-1-2-16/h3-8,11-12,16,19,23H,1-2,9-10,13-14H2. The van der Waals surface area contributed by atoms with E-state index in [1.54, 1.807) is 24.3 Å². The third-order valence-electron chi connectivity index (χ3n) is 5.15. The Morgan fingerprint density at radius 1 is 1.00 bits per heavy atom. The van der Waals surface area contributed by atoms with Gasteiger partial charge in [0.2, 0.25) is 5.91 Å². The van der Waals surface area contributed by atoms with Gasteiger partial charge in [-0.15, -0.1) is 0 Å². The highest BCUT2D eigenvalue weighted by Crippen LogP contribution is 2.35. The van der Waals surface area contributed by atoms with E-state index in [1.807, 2.05) is 4.90 Å². The van der Waals surface area contributed by atoms with Crippen LogP contribution in [0.4, 0.5) is 10.1 Å². The minimum Gasteiger partial charge on any atom is -0.339 e. The molecular formula is C21H23FN2O3S. The molecule has 7 heteroatoms. The second-order valence-corrected chi connectivity index (χ2v) is 9.34. The maximum atomic E-state index is 13.0. The maximum absolute atomic E-state index is 13.0. The van der Waals surface area contributed by atoms with Gasteiger partial charge >= 0.3 is 0 Å². The average molecular weight is 402 g/mol. The Kier molecular flexibility index (Phi) is 5.10. The van der Waals surface area contributed by atoms with Crippen LogP contribution >= 0.6 is 0 Å². The monoisotopic (exact) mass is 402 g/mol. The van der Waals surface area contributed by atoms with Gasteiger partial charge in [-0.2, -0.15) is 0 Å². The molecule has 0 unspecified atom stereocenters. The van der Waals surface area contributed by atoms with Crippen molar-refractivity contribution in [1.29, 1.82) is 0 Å². The average Bonchev–Trinajstić information content (AvgIpc) is 3.55. The number of amides is 1. The summed E-state index contributed by atoms with van der Waals surface area (Å²) in [4.78, 5) is 14.7. The van der Waals surface area contributed by atoms with Crippen molar-refractivity contribution in [2.45, 2.75) is 43.0 Å². The van der Waals surface area contributed by atoms with E-state index in [0.717, 1.165) is 37.1 Å². The Morgan fingerprint density at radius 3 is 2.21 bits per heavy atom. The van der Waals surface area contributed by atoms with Crippen molar-refractivity contribution >= 4 is 21.6 Å². The lowest BCUT2D eigenvalue weighted by Crippen LogP contribution is -2.36. The molecule has 2 aliphatic rings. The van der Waals surface area contributed by atoms with E-state index in [9.17, 15) is 17.6 Å². The van der Waals surface area contributed by atoms with E-state index >= 15 is 0 Å². The van der Waals surface area contributed by atoms with E-state index in [-0.39, 0.29) is 10.8 Å². The predicted octanol–water partition coefficient (Wildman–Crippen LogP) is 3.57. The molecule has 2 aliphatic carbocycles. The summed E-state index contributed by atoms with van der Waals surface area (Å²) in [6.07, 6.45) is 4.97. The Balaban J connectivity index is 1.39. The van der Waals surface area contributed by atoms with Crippen molar-refractivity contribution in [3.63, 3.8) is 0 Å². The molecule has 2 aromatic rings. The first-order valence-corrected chi connectivity index (χ1v) is 11.1. The highest BCUT2D eigenvalue weighted by molar-refractivity contribution is 7.92. The lowest BCUT2D eigenvalue weighted by atomic mass is 10.1. The quantitative estimate of drug-likeness (QED) is 0.734. The molecule has 0 heterocycles. The molecule has 2 fully saturated rings. The Bertz CT molecular complexity index is 950. The summed E-state index contributed by atoms with van der Waals surface area (Å²) in [7, 11) is -3.78. The normalized spacial score (nSPS) is 16.6. The topological polar surface area (TPSA) is 66.5 Å². The molecule has 1 amide bonds. The summed E-state index contributed by atoms with van der Waals surface area (Å²) < 4.78 is 40.2. The van der Waals surface area contributed by atoms with Gasteiger partial charge in [0.15, 0.2) is 0 Å². The number of carbonyl (C=O) groups is 1. The van der Waals surface area contributed by atoms with E-state index in [4.69, 9.17) is 0 Å². The molecule has 0 aromatic heterocycles. The molecule has 0 bridgehead atoms. The number of sulfonamides is 1. The van der Waals surface area contributed by atoms with Crippen LogP contribution in [-0.4, -0.2) is 31.8 Å². The SMILES string of the molecule is O=C(Cc1ccc(NS(=O)(=O)c2ccc(F)cc2)cc1)N(CC1CC1)C1CC1. The van der Waals surface area contributed by atoms with Crippen LogP contribution in [0.3, 0.4) is 0 Å². The number of hydrogen-bond acceptors (Lipinski definition) is 3.